The molecule has 0 amide bonds. The van der Waals surface area contributed by atoms with Crippen molar-refractivity contribution in [3.63, 3.8) is 0 Å². The molecule has 5 aromatic rings. The Morgan fingerprint density at radius 1 is 0.488 bits per heavy atom. The molecule has 0 saturated carbocycles. The van der Waals surface area contributed by atoms with E-state index in [0.29, 0.717) is 12.1 Å². The van der Waals surface area contributed by atoms with Gasteiger partial charge in [-0.25, -0.2) is 0 Å². The Kier molecular flexibility index (Phi) is 7.62. The highest BCUT2D eigenvalue weighted by atomic mass is 16.3. The third kappa shape index (κ3) is 5.85. The molecule has 41 heavy (non-hydrogen) atoms. The molecule has 1 unspecified atom stereocenters. The van der Waals surface area contributed by atoms with E-state index >= 15 is 0 Å². The maximum absolute atomic E-state index is 10.2. The number of rotatable bonds is 7. The summed E-state index contributed by atoms with van der Waals surface area (Å²) >= 11 is 0. The molecule has 0 spiro atoms. The predicted molar refractivity (Wildman–Crippen MR) is 164 cm³/mol. The quantitative estimate of drug-likeness (QED) is 0.0824. The number of aryl methyl sites for hydroxylation is 3. The van der Waals surface area contributed by atoms with Crippen LogP contribution in [0.25, 0.3) is 0 Å². The van der Waals surface area contributed by atoms with Crippen LogP contribution in [0, 0.1) is 20.8 Å². The zero-order valence-electron chi connectivity index (χ0n) is 23.5. The largest absolute Gasteiger partial charge is 0.508 e. The number of phenols is 4. The summed E-state index contributed by atoms with van der Waals surface area (Å²) in [6.45, 7) is 5.66. The summed E-state index contributed by atoms with van der Waals surface area (Å²) in [5.74, 6) is 0.685. The third-order valence-electron chi connectivity index (χ3n) is 7.94. The molecule has 1 atom stereocenters. The molecule has 0 bridgehead atoms. The average Bonchev–Trinajstić information content (AvgIpc) is 2.95. The van der Waals surface area contributed by atoms with Gasteiger partial charge in [-0.15, -0.1) is 0 Å². The van der Waals surface area contributed by atoms with Gasteiger partial charge in [0.15, 0.2) is 0 Å². The van der Waals surface area contributed by atoms with Gasteiger partial charge >= 0.3 is 0 Å². The minimum atomic E-state index is -0.106. The molecule has 5 aromatic carbocycles. The Balaban J connectivity index is 1.58. The average molecular weight is 546 g/mol. The van der Waals surface area contributed by atoms with Gasteiger partial charge in [0.25, 0.3) is 0 Å². The second-order valence-electron chi connectivity index (χ2n) is 10.9. The lowest BCUT2D eigenvalue weighted by atomic mass is 9.81. The molecule has 5 rings (SSSR count). The maximum Gasteiger partial charge on any atom is 0.138 e. The van der Waals surface area contributed by atoms with Crippen molar-refractivity contribution in [1.29, 1.82) is 0 Å². The van der Waals surface area contributed by atoms with Gasteiger partial charge in [-0.2, -0.15) is 0 Å². The summed E-state index contributed by atoms with van der Waals surface area (Å²) in [7, 11) is 0. The summed E-state index contributed by atoms with van der Waals surface area (Å²) in [5.41, 5.74) is 15.2. The molecular weight excluding hydrogens is 510 g/mol. The molecule has 0 saturated heterocycles. The maximum atomic E-state index is 10.2. The topological polar surface area (TPSA) is 107 Å². The van der Waals surface area contributed by atoms with E-state index in [4.69, 9.17) is 5.73 Å². The van der Waals surface area contributed by atoms with Crippen LogP contribution in [-0.4, -0.2) is 20.4 Å². The highest BCUT2D eigenvalue weighted by Gasteiger charge is 2.21. The van der Waals surface area contributed by atoms with Gasteiger partial charge in [-0.1, -0.05) is 66.7 Å². The van der Waals surface area contributed by atoms with E-state index in [1.165, 1.54) is 0 Å². The van der Waals surface area contributed by atoms with Gasteiger partial charge in [-0.3, -0.25) is 0 Å². The number of phenolic OH excluding ortho intramolecular Hbond substituents is 4. The van der Waals surface area contributed by atoms with Crippen molar-refractivity contribution in [1.82, 2.24) is 0 Å². The molecule has 0 aliphatic heterocycles. The van der Waals surface area contributed by atoms with Gasteiger partial charge in [0, 0.05) is 11.8 Å². The van der Waals surface area contributed by atoms with Crippen LogP contribution in [0.3, 0.4) is 0 Å². The second-order valence-corrected chi connectivity index (χ2v) is 10.9. The normalized spacial score (nSPS) is 12.0. The standard InChI is InChI=1S/C36H35NO4/c1-21-16-24(4-12-32(21)38)19-30(27-9-15-35(41)31(37)20-27)25-5-7-26(8-6-25)36(28-10-13-33(39)22(2)17-28)29-11-14-34(40)23(3)18-29/h4-18,20,30,36,38-41H,19,37H2,1-3H3. The van der Waals surface area contributed by atoms with Crippen LogP contribution < -0.4 is 5.73 Å². The number of anilines is 1. The molecule has 0 fully saturated rings. The lowest BCUT2D eigenvalue weighted by molar-refractivity contribution is 0.470. The highest BCUT2D eigenvalue weighted by molar-refractivity contribution is 5.56. The van der Waals surface area contributed by atoms with Crippen molar-refractivity contribution >= 4 is 5.69 Å². The van der Waals surface area contributed by atoms with Crippen LogP contribution in [0.15, 0.2) is 97.1 Å². The van der Waals surface area contributed by atoms with Crippen LogP contribution >= 0.6 is 0 Å². The lowest BCUT2D eigenvalue weighted by Gasteiger charge is -2.23. The SMILES string of the molecule is Cc1cc(CC(c2ccc(C(c3ccc(O)c(C)c3)c3ccc(O)c(C)c3)cc2)c2ccc(O)c(N)c2)ccc1O. The van der Waals surface area contributed by atoms with Crippen molar-refractivity contribution in [2.24, 2.45) is 0 Å². The zero-order valence-corrected chi connectivity index (χ0v) is 23.5. The van der Waals surface area contributed by atoms with Crippen molar-refractivity contribution in [3.05, 3.63) is 147 Å². The van der Waals surface area contributed by atoms with E-state index in [0.717, 1.165) is 50.1 Å². The summed E-state index contributed by atoms with van der Waals surface area (Å²) in [6.07, 6.45) is 0.683. The molecule has 5 nitrogen and oxygen atoms in total. The summed E-state index contributed by atoms with van der Waals surface area (Å²) in [6, 6.07) is 30.9. The van der Waals surface area contributed by atoms with Gasteiger partial charge in [0.05, 0.1) is 5.69 Å². The number of nitrogen functional groups attached to an aromatic ring is 1. The van der Waals surface area contributed by atoms with E-state index < -0.39 is 0 Å². The van der Waals surface area contributed by atoms with Gasteiger partial charge < -0.3 is 26.2 Å². The van der Waals surface area contributed by atoms with Crippen LogP contribution in [0.5, 0.6) is 23.0 Å². The highest BCUT2D eigenvalue weighted by Crippen LogP contribution is 2.38. The fraction of sp³-hybridized carbons (Fsp3) is 0.167. The number of hydrogen-bond donors (Lipinski definition) is 5. The smallest absolute Gasteiger partial charge is 0.138 e. The minimum absolute atomic E-state index is 0.0406. The van der Waals surface area contributed by atoms with Crippen LogP contribution in [0.1, 0.15) is 61.9 Å². The van der Waals surface area contributed by atoms with E-state index in [1.807, 2.05) is 69.3 Å². The Bertz CT molecular complexity index is 1660. The molecule has 0 heterocycles. The summed E-state index contributed by atoms with van der Waals surface area (Å²) < 4.78 is 0. The van der Waals surface area contributed by atoms with E-state index in [2.05, 4.69) is 24.3 Å². The molecule has 0 aliphatic carbocycles. The minimum Gasteiger partial charge on any atom is -0.508 e. The summed E-state index contributed by atoms with van der Waals surface area (Å²) in [5, 5.41) is 40.4. The second kappa shape index (κ2) is 11.3. The fourth-order valence-corrected chi connectivity index (χ4v) is 5.51. The number of aromatic hydroxyl groups is 4. The predicted octanol–water partition coefficient (Wildman–Crippen LogP) is 7.57. The Morgan fingerprint density at radius 3 is 1.44 bits per heavy atom. The molecule has 6 N–H and O–H groups in total. The van der Waals surface area contributed by atoms with Crippen LogP contribution in [0.4, 0.5) is 5.69 Å². The number of nitrogens with two attached hydrogens (primary N) is 1. The van der Waals surface area contributed by atoms with Crippen LogP contribution in [-0.2, 0) is 6.42 Å². The van der Waals surface area contributed by atoms with Gasteiger partial charge in [-0.05, 0) is 108 Å². The first kappa shape index (κ1) is 27.7. The van der Waals surface area contributed by atoms with E-state index in [-0.39, 0.29) is 34.8 Å². The van der Waals surface area contributed by atoms with Gasteiger partial charge in [0.1, 0.15) is 23.0 Å². The first-order valence-corrected chi connectivity index (χ1v) is 13.7. The van der Waals surface area contributed by atoms with Crippen molar-refractivity contribution in [2.75, 3.05) is 5.73 Å². The molecule has 208 valence electrons. The molecule has 0 radical (unpaired) electrons. The van der Waals surface area contributed by atoms with E-state index in [9.17, 15) is 20.4 Å². The fourth-order valence-electron chi connectivity index (χ4n) is 5.51. The molecule has 5 heteroatoms. The van der Waals surface area contributed by atoms with Crippen molar-refractivity contribution in [2.45, 2.75) is 39.0 Å². The number of hydrogen-bond acceptors (Lipinski definition) is 5. The molecular formula is C36H35NO4. The van der Waals surface area contributed by atoms with Crippen molar-refractivity contribution < 1.29 is 20.4 Å². The first-order chi connectivity index (χ1) is 19.6. The Hall–Kier alpha value is -4.90. The van der Waals surface area contributed by atoms with Crippen molar-refractivity contribution in [3.8, 4) is 23.0 Å². The first-order valence-electron chi connectivity index (χ1n) is 13.7. The summed E-state index contributed by atoms with van der Waals surface area (Å²) in [4.78, 5) is 0. The third-order valence-corrected chi connectivity index (χ3v) is 7.94. The monoisotopic (exact) mass is 545 g/mol. The zero-order chi connectivity index (χ0) is 29.3. The molecule has 0 aromatic heterocycles. The van der Waals surface area contributed by atoms with E-state index in [1.54, 1.807) is 24.3 Å². The van der Waals surface area contributed by atoms with Crippen LogP contribution in [0.2, 0.25) is 0 Å². The lowest BCUT2D eigenvalue weighted by Crippen LogP contribution is -2.08. The number of benzene rings is 5. The Labute approximate surface area is 240 Å². The Morgan fingerprint density at radius 2 is 0.927 bits per heavy atom. The van der Waals surface area contributed by atoms with Gasteiger partial charge in [0.2, 0.25) is 0 Å². The molecule has 0 aliphatic rings.